The molecule has 0 aromatic carbocycles. The van der Waals surface area contributed by atoms with E-state index in [0.717, 1.165) is 13.0 Å². The van der Waals surface area contributed by atoms with Gasteiger partial charge in [-0.25, -0.2) is 0 Å². The molecular formula is C11H13ClN2O2. The molecule has 0 aliphatic carbocycles. The molecule has 5 heteroatoms. The first-order valence-corrected chi connectivity index (χ1v) is 5.63. The van der Waals surface area contributed by atoms with Crippen LogP contribution in [0.15, 0.2) is 18.5 Å². The zero-order chi connectivity index (χ0) is 11.4. The first-order valence-electron chi connectivity index (χ1n) is 5.25. The van der Waals surface area contributed by atoms with Gasteiger partial charge in [-0.15, -0.1) is 0 Å². The quantitative estimate of drug-likeness (QED) is 0.749. The van der Waals surface area contributed by atoms with Crippen LogP contribution >= 0.6 is 11.6 Å². The Kier molecular flexibility index (Phi) is 3.74. The fourth-order valence-corrected chi connectivity index (χ4v) is 1.87. The molecule has 1 aromatic heterocycles. The zero-order valence-electron chi connectivity index (χ0n) is 8.86. The van der Waals surface area contributed by atoms with Crippen LogP contribution in [0.4, 0.5) is 0 Å². The van der Waals surface area contributed by atoms with E-state index in [9.17, 15) is 4.79 Å². The molecule has 4 nitrogen and oxygen atoms in total. The number of hydrogen-bond donors (Lipinski definition) is 0. The lowest BCUT2D eigenvalue weighted by Gasteiger charge is -2.19. The second kappa shape index (κ2) is 5.27. The van der Waals surface area contributed by atoms with Gasteiger partial charge in [0, 0.05) is 32.1 Å². The standard InChI is InChI=1S/C11H13ClN2O2/c12-10-8-13-3-2-9(10)11(15)14-4-1-6-16-7-5-14/h2-3,8H,1,4-7H2. The van der Waals surface area contributed by atoms with Crippen LogP contribution in [0.5, 0.6) is 0 Å². The Hall–Kier alpha value is -1.13. The Balaban J connectivity index is 2.14. The predicted octanol–water partition coefficient (Wildman–Crippen LogP) is 1.60. The number of hydrogen-bond acceptors (Lipinski definition) is 3. The van der Waals surface area contributed by atoms with Crippen molar-refractivity contribution >= 4 is 17.5 Å². The maximum atomic E-state index is 12.1. The van der Waals surface area contributed by atoms with Crippen LogP contribution < -0.4 is 0 Å². The van der Waals surface area contributed by atoms with Crippen molar-refractivity contribution in [2.45, 2.75) is 6.42 Å². The van der Waals surface area contributed by atoms with E-state index in [0.29, 0.717) is 30.3 Å². The topological polar surface area (TPSA) is 42.4 Å². The highest BCUT2D eigenvalue weighted by molar-refractivity contribution is 6.33. The van der Waals surface area contributed by atoms with Crippen LogP contribution in [-0.2, 0) is 4.74 Å². The van der Waals surface area contributed by atoms with Crippen LogP contribution in [0.3, 0.4) is 0 Å². The number of ether oxygens (including phenoxy) is 1. The minimum Gasteiger partial charge on any atom is -0.380 e. The molecule has 0 atom stereocenters. The third kappa shape index (κ3) is 2.51. The maximum absolute atomic E-state index is 12.1. The number of carbonyl (C=O) groups excluding carboxylic acids is 1. The highest BCUT2D eigenvalue weighted by Crippen LogP contribution is 2.16. The molecule has 0 N–H and O–H groups in total. The fraction of sp³-hybridized carbons (Fsp3) is 0.455. The van der Waals surface area contributed by atoms with E-state index >= 15 is 0 Å². The van der Waals surface area contributed by atoms with Crippen molar-refractivity contribution < 1.29 is 9.53 Å². The molecule has 86 valence electrons. The average Bonchev–Trinajstić information content (AvgIpc) is 2.57. The SMILES string of the molecule is O=C(c1ccncc1Cl)N1CCCOCC1. The Morgan fingerprint density at radius 1 is 1.44 bits per heavy atom. The summed E-state index contributed by atoms with van der Waals surface area (Å²) in [6, 6.07) is 1.65. The molecule has 1 aliphatic rings. The molecule has 1 aromatic rings. The van der Waals surface area contributed by atoms with E-state index in [-0.39, 0.29) is 5.91 Å². The van der Waals surface area contributed by atoms with Crippen molar-refractivity contribution in [1.29, 1.82) is 0 Å². The summed E-state index contributed by atoms with van der Waals surface area (Å²) in [6.07, 6.45) is 3.94. The molecule has 0 spiro atoms. The van der Waals surface area contributed by atoms with Gasteiger partial charge in [0.05, 0.1) is 17.2 Å². The van der Waals surface area contributed by atoms with Gasteiger partial charge in [-0.05, 0) is 12.5 Å². The number of halogens is 1. The molecule has 1 amide bonds. The molecule has 0 saturated carbocycles. The second-order valence-electron chi connectivity index (χ2n) is 3.61. The third-order valence-electron chi connectivity index (χ3n) is 2.51. The van der Waals surface area contributed by atoms with Gasteiger partial charge in [-0.2, -0.15) is 0 Å². The van der Waals surface area contributed by atoms with Crippen LogP contribution in [-0.4, -0.2) is 42.1 Å². The van der Waals surface area contributed by atoms with Gasteiger partial charge in [0.15, 0.2) is 0 Å². The van der Waals surface area contributed by atoms with Crippen molar-refractivity contribution in [2.24, 2.45) is 0 Å². The number of nitrogens with zero attached hydrogens (tertiary/aromatic N) is 2. The number of pyridine rings is 1. The molecular weight excluding hydrogens is 228 g/mol. The molecule has 2 rings (SSSR count). The van der Waals surface area contributed by atoms with E-state index in [1.165, 1.54) is 6.20 Å². The van der Waals surface area contributed by atoms with Gasteiger partial charge in [0.1, 0.15) is 0 Å². The highest BCUT2D eigenvalue weighted by Gasteiger charge is 2.19. The molecule has 0 radical (unpaired) electrons. The number of amides is 1. The van der Waals surface area contributed by atoms with Gasteiger partial charge < -0.3 is 9.64 Å². The van der Waals surface area contributed by atoms with Crippen molar-refractivity contribution in [3.05, 3.63) is 29.0 Å². The van der Waals surface area contributed by atoms with Crippen LogP contribution in [0, 0.1) is 0 Å². The second-order valence-corrected chi connectivity index (χ2v) is 4.02. The Morgan fingerprint density at radius 3 is 3.12 bits per heavy atom. The lowest BCUT2D eigenvalue weighted by Crippen LogP contribution is -2.33. The Morgan fingerprint density at radius 2 is 2.31 bits per heavy atom. The molecule has 0 bridgehead atoms. The molecule has 0 unspecified atom stereocenters. The minimum atomic E-state index is -0.0436. The first-order chi connectivity index (χ1) is 7.79. The monoisotopic (exact) mass is 240 g/mol. The lowest BCUT2D eigenvalue weighted by atomic mass is 10.2. The van der Waals surface area contributed by atoms with Crippen molar-refractivity contribution in [3.8, 4) is 0 Å². The van der Waals surface area contributed by atoms with Crippen molar-refractivity contribution in [1.82, 2.24) is 9.88 Å². The summed E-state index contributed by atoms with van der Waals surface area (Å²) >= 11 is 5.94. The third-order valence-corrected chi connectivity index (χ3v) is 2.81. The van der Waals surface area contributed by atoms with Crippen molar-refractivity contribution in [2.75, 3.05) is 26.3 Å². The fourth-order valence-electron chi connectivity index (χ4n) is 1.67. The van der Waals surface area contributed by atoms with E-state index in [1.54, 1.807) is 17.2 Å². The van der Waals surface area contributed by atoms with Gasteiger partial charge in [0.25, 0.3) is 5.91 Å². The zero-order valence-corrected chi connectivity index (χ0v) is 9.61. The van der Waals surface area contributed by atoms with E-state index in [1.807, 2.05) is 0 Å². The summed E-state index contributed by atoms with van der Waals surface area (Å²) in [5, 5.41) is 0.401. The summed E-state index contributed by atoms with van der Waals surface area (Å²) in [7, 11) is 0. The summed E-state index contributed by atoms with van der Waals surface area (Å²) in [6.45, 7) is 2.65. The first kappa shape index (κ1) is 11.4. The van der Waals surface area contributed by atoms with Crippen LogP contribution in [0.2, 0.25) is 5.02 Å². The van der Waals surface area contributed by atoms with Gasteiger partial charge >= 0.3 is 0 Å². The van der Waals surface area contributed by atoms with Crippen LogP contribution in [0.25, 0.3) is 0 Å². The molecule has 1 saturated heterocycles. The summed E-state index contributed by atoms with van der Waals surface area (Å²) in [5.74, 6) is -0.0436. The van der Waals surface area contributed by atoms with E-state index < -0.39 is 0 Å². The summed E-state index contributed by atoms with van der Waals surface area (Å²) < 4.78 is 5.30. The summed E-state index contributed by atoms with van der Waals surface area (Å²) in [5.41, 5.74) is 0.513. The number of carbonyl (C=O) groups is 1. The average molecular weight is 241 g/mol. The van der Waals surface area contributed by atoms with Crippen LogP contribution in [0.1, 0.15) is 16.8 Å². The molecule has 1 fully saturated rings. The molecule has 1 aliphatic heterocycles. The predicted molar refractivity (Wildman–Crippen MR) is 60.6 cm³/mol. The number of rotatable bonds is 1. The Labute approximate surface area is 99.2 Å². The lowest BCUT2D eigenvalue weighted by molar-refractivity contribution is 0.0741. The number of aromatic nitrogens is 1. The maximum Gasteiger partial charge on any atom is 0.255 e. The molecule has 2 heterocycles. The van der Waals surface area contributed by atoms with Gasteiger partial charge in [0.2, 0.25) is 0 Å². The highest BCUT2D eigenvalue weighted by atomic mass is 35.5. The minimum absolute atomic E-state index is 0.0436. The normalized spacial score (nSPS) is 16.9. The largest absolute Gasteiger partial charge is 0.380 e. The summed E-state index contributed by atoms with van der Waals surface area (Å²) in [4.78, 5) is 17.8. The van der Waals surface area contributed by atoms with E-state index in [2.05, 4.69) is 4.98 Å². The van der Waals surface area contributed by atoms with E-state index in [4.69, 9.17) is 16.3 Å². The van der Waals surface area contributed by atoms with Crippen molar-refractivity contribution in [3.63, 3.8) is 0 Å². The van der Waals surface area contributed by atoms with Gasteiger partial charge in [-0.3, -0.25) is 9.78 Å². The van der Waals surface area contributed by atoms with Gasteiger partial charge in [-0.1, -0.05) is 11.6 Å². The smallest absolute Gasteiger partial charge is 0.255 e. The Bertz CT molecular complexity index is 376. The molecule has 16 heavy (non-hydrogen) atoms.